The Morgan fingerprint density at radius 2 is 1.67 bits per heavy atom. The molecule has 226 valence electrons. The van der Waals surface area contributed by atoms with Crippen LogP contribution in [0, 0.1) is 0 Å². The van der Waals surface area contributed by atoms with Crippen molar-refractivity contribution in [1.29, 1.82) is 0 Å². The van der Waals surface area contributed by atoms with E-state index >= 15 is 0 Å². The summed E-state index contributed by atoms with van der Waals surface area (Å²) < 4.78 is 5.21. The van der Waals surface area contributed by atoms with E-state index < -0.39 is 6.04 Å². The summed E-state index contributed by atoms with van der Waals surface area (Å²) in [6.07, 6.45) is 2.87. The van der Waals surface area contributed by atoms with Crippen molar-refractivity contribution < 1.29 is 14.3 Å². The van der Waals surface area contributed by atoms with Gasteiger partial charge in [0.2, 0.25) is 5.91 Å². The molecule has 1 N–H and O–H groups in total. The number of hydrogen-bond acceptors (Lipinski definition) is 7. The Bertz CT molecular complexity index is 1400. The fourth-order valence-electron chi connectivity index (χ4n) is 5.61. The van der Waals surface area contributed by atoms with Crippen molar-refractivity contribution in [3.63, 3.8) is 0 Å². The van der Waals surface area contributed by atoms with Crippen molar-refractivity contribution in [1.82, 2.24) is 14.7 Å². The highest BCUT2D eigenvalue weighted by Crippen LogP contribution is 2.30. The van der Waals surface area contributed by atoms with Crippen LogP contribution in [-0.2, 0) is 16.1 Å². The predicted molar refractivity (Wildman–Crippen MR) is 178 cm³/mol. The maximum absolute atomic E-state index is 13.8. The van der Waals surface area contributed by atoms with Crippen LogP contribution >= 0.6 is 24.0 Å². The number of benzene rings is 3. The van der Waals surface area contributed by atoms with Crippen molar-refractivity contribution in [3.05, 3.63) is 84.4 Å². The maximum Gasteiger partial charge on any atom is 0.256 e. The van der Waals surface area contributed by atoms with Gasteiger partial charge in [-0.2, -0.15) is 0 Å². The van der Waals surface area contributed by atoms with Gasteiger partial charge in [0.25, 0.3) is 5.91 Å². The molecule has 0 radical (unpaired) electrons. The monoisotopic (exact) mass is 617 g/mol. The second kappa shape index (κ2) is 14.8. The van der Waals surface area contributed by atoms with E-state index in [1.807, 2.05) is 35.4 Å². The molecule has 0 aliphatic carbocycles. The van der Waals surface area contributed by atoms with Crippen molar-refractivity contribution in [3.8, 4) is 5.75 Å². The zero-order valence-electron chi connectivity index (χ0n) is 24.8. The van der Waals surface area contributed by atoms with Crippen LogP contribution in [-0.4, -0.2) is 90.3 Å². The van der Waals surface area contributed by atoms with Gasteiger partial charge in [-0.25, -0.2) is 0 Å². The number of piperazine rings is 1. The number of amides is 2. The minimum atomic E-state index is -0.661. The van der Waals surface area contributed by atoms with E-state index in [2.05, 4.69) is 45.4 Å². The molecule has 0 saturated carbocycles. The van der Waals surface area contributed by atoms with Crippen LogP contribution in [0.3, 0.4) is 0 Å². The molecule has 10 heteroatoms. The minimum Gasteiger partial charge on any atom is -0.497 e. The first kappa shape index (κ1) is 31.0. The Labute approximate surface area is 264 Å². The molecular formula is C33H39N5O3S2. The van der Waals surface area contributed by atoms with E-state index in [4.69, 9.17) is 17.0 Å². The Hall–Kier alpha value is -3.44. The SMILES string of the molecule is COc1ccc(NC(=O)C[C@@H]2C(=O)N(c3cccc(SC)c3)C(=S)N2CCCN2CCN(Cc3ccccc3)CC2)cc1. The molecule has 0 bridgehead atoms. The summed E-state index contributed by atoms with van der Waals surface area (Å²) in [7, 11) is 1.60. The molecule has 2 aliphatic heterocycles. The molecule has 43 heavy (non-hydrogen) atoms. The molecule has 0 unspecified atom stereocenters. The third-order valence-electron chi connectivity index (χ3n) is 7.97. The average molecular weight is 618 g/mol. The Morgan fingerprint density at radius 1 is 0.953 bits per heavy atom. The Morgan fingerprint density at radius 3 is 2.37 bits per heavy atom. The maximum atomic E-state index is 13.8. The number of anilines is 2. The summed E-state index contributed by atoms with van der Waals surface area (Å²) in [6, 6.07) is 24.9. The van der Waals surface area contributed by atoms with Crippen molar-refractivity contribution >= 4 is 52.3 Å². The Balaban J connectivity index is 1.21. The number of rotatable bonds is 12. The normalized spacial score (nSPS) is 17.9. The number of carbonyl (C=O) groups excluding carboxylic acids is 2. The smallest absolute Gasteiger partial charge is 0.256 e. The number of nitrogens with one attached hydrogen (secondary N) is 1. The van der Waals surface area contributed by atoms with Gasteiger partial charge in [0.05, 0.1) is 19.2 Å². The number of nitrogens with zero attached hydrogens (tertiary/aromatic N) is 4. The number of ether oxygens (including phenoxy) is 1. The summed E-state index contributed by atoms with van der Waals surface area (Å²) in [6.45, 7) is 6.58. The second-order valence-corrected chi connectivity index (χ2v) is 12.0. The lowest BCUT2D eigenvalue weighted by molar-refractivity contribution is -0.124. The van der Waals surface area contributed by atoms with E-state index in [-0.39, 0.29) is 18.2 Å². The molecular weight excluding hydrogens is 579 g/mol. The lowest BCUT2D eigenvalue weighted by atomic mass is 10.1. The zero-order valence-corrected chi connectivity index (χ0v) is 26.4. The second-order valence-electron chi connectivity index (χ2n) is 10.8. The van der Waals surface area contributed by atoms with E-state index in [1.165, 1.54) is 5.56 Å². The highest BCUT2D eigenvalue weighted by Gasteiger charge is 2.44. The van der Waals surface area contributed by atoms with Crippen molar-refractivity contribution in [2.75, 3.05) is 62.9 Å². The van der Waals surface area contributed by atoms with Crippen LogP contribution in [0.15, 0.2) is 83.8 Å². The third kappa shape index (κ3) is 7.94. The molecule has 1 atom stereocenters. The highest BCUT2D eigenvalue weighted by atomic mass is 32.2. The molecule has 5 rings (SSSR count). The fourth-order valence-corrected chi connectivity index (χ4v) is 6.48. The summed E-state index contributed by atoms with van der Waals surface area (Å²) in [4.78, 5) is 36.5. The van der Waals surface area contributed by atoms with Crippen LogP contribution in [0.25, 0.3) is 0 Å². The molecule has 2 heterocycles. The van der Waals surface area contributed by atoms with Gasteiger partial charge >= 0.3 is 0 Å². The molecule has 2 aliphatic rings. The van der Waals surface area contributed by atoms with E-state index in [0.717, 1.165) is 56.3 Å². The third-order valence-corrected chi connectivity index (χ3v) is 9.11. The van der Waals surface area contributed by atoms with Gasteiger partial charge in [-0.05, 0) is 79.5 Å². The topological polar surface area (TPSA) is 68.4 Å². The summed E-state index contributed by atoms with van der Waals surface area (Å²) in [5, 5.41) is 3.38. The van der Waals surface area contributed by atoms with Gasteiger partial charge < -0.3 is 19.9 Å². The fraction of sp³-hybridized carbons (Fsp3) is 0.364. The van der Waals surface area contributed by atoms with Crippen LogP contribution in [0.5, 0.6) is 5.75 Å². The number of thiocarbonyl (C=S) groups is 1. The van der Waals surface area contributed by atoms with Gasteiger partial charge in [-0.1, -0.05) is 36.4 Å². The summed E-state index contributed by atoms with van der Waals surface area (Å²) >= 11 is 7.51. The van der Waals surface area contributed by atoms with Crippen molar-refractivity contribution in [2.45, 2.75) is 30.3 Å². The highest BCUT2D eigenvalue weighted by molar-refractivity contribution is 7.98. The van der Waals surface area contributed by atoms with Gasteiger partial charge in [-0.15, -0.1) is 11.8 Å². The first-order valence-corrected chi connectivity index (χ1v) is 16.3. The number of carbonyl (C=O) groups is 2. The largest absolute Gasteiger partial charge is 0.497 e. The van der Waals surface area contributed by atoms with E-state index in [1.54, 1.807) is 48.0 Å². The van der Waals surface area contributed by atoms with Crippen LogP contribution < -0.4 is 15.0 Å². The number of methoxy groups -OCH3 is 1. The van der Waals surface area contributed by atoms with Gasteiger partial charge in [0.15, 0.2) is 5.11 Å². The van der Waals surface area contributed by atoms with Gasteiger partial charge in [0, 0.05) is 49.9 Å². The first-order chi connectivity index (χ1) is 20.9. The molecule has 2 saturated heterocycles. The molecule has 8 nitrogen and oxygen atoms in total. The molecule has 3 aromatic carbocycles. The summed E-state index contributed by atoms with van der Waals surface area (Å²) in [5.41, 5.74) is 2.73. The number of hydrogen-bond donors (Lipinski definition) is 1. The quantitative estimate of drug-likeness (QED) is 0.226. The molecule has 0 spiro atoms. The van der Waals surface area contributed by atoms with Gasteiger partial charge in [-0.3, -0.25) is 19.4 Å². The zero-order chi connectivity index (χ0) is 30.2. The van der Waals surface area contributed by atoms with Crippen LogP contribution in [0.2, 0.25) is 0 Å². The lowest BCUT2D eigenvalue weighted by Gasteiger charge is -2.35. The Kier molecular flexibility index (Phi) is 10.7. The molecule has 2 fully saturated rings. The van der Waals surface area contributed by atoms with Crippen LogP contribution in [0.1, 0.15) is 18.4 Å². The molecule has 2 amide bonds. The van der Waals surface area contributed by atoms with E-state index in [9.17, 15) is 9.59 Å². The minimum absolute atomic E-state index is 0.0158. The first-order valence-electron chi connectivity index (χ1n) is 14.7. The average Bonchev–Trinajstić information content (AvgIpc) is 3.26. The molecule has 3 aromatic rings. The van der Waals surface area contributed by atoms with Gasteiger partial charge in [0.1, 0.15) is 11.8 Å². The summed E-state index contributed by atoms with van der Waals surface area (Å²) in [5.74, 6) is 0.314. The standard InChI is InChI=1S/C33H39N5O3S2/c1-41-28-14-12-26(13-15-28)34-31(39)23-30-32(40)38(27-10-6-11-29(22-27)43-2)33(42)37(30)17-7-16-35-18-20-36(21-19-35)24-25-8-4-3-5-9-25/h3-6,8-15,22,30H,7,16-21,23-24H2,1-2H3,(H,34,39)/t30-/m1/s1. The van der Waals surface area contributed by atoms with E-state index in [0.29, 0.717) is 23.1 Å². The van der Waals surface area contributed by atoms with Crippen molar-refractivity contribution in [2.24, 2.45) is 0 Å². The lowest BCUT2D eigenvalue weighted by Crippen LogP contribution is -2.47. The van der Waals surface area contributed by atoms with Crippen LogP contribution in [0.4, 0.5) is 11.4 Å². The predicted octanol–water partition coefficient (Wildman–Crippen LogP) is 4.96. The molecule has 0 aromatic heterocycles. The number of thioether (sulfide) groups is 1.